The first-order chi connectivity index (χ1) is 10.0. The van der Waals surface area contributed by atoms with E-state index in [1.807, 2.05) is 4.90 Å². The van der Waals surface area contributed by atoms with E-state index in [0.717, 1.165) is 30.8 Å². The lowest BCUT2D eigenvalue weighted by Crippen LogP contribution is -2.47. The number of hydrogen-bond acceptors (Lipinski definition) is 4. The second-order valence-electron chi connectivity index (χ2n) is 5.97. The van der Waals surface area contributed by atoms with Crippen LogP contribution in [0.1, 0.15) is 38.0 Å². The minimum Gasteiger partial charge on any atom is -0.353 e. The van der Waals surface area contributed by atoms with Gasteiger partial charge in [0.25, 0.3) is 0 Å². The molecule has 0 atom stereocenters. The Morgan fingerprint density at radius 1 is 1.43 bits per heavy atom. The first-order valence-corrected chi connectivity index (χ1v) is 8.37. The van der Waals surface area contributed by atoms with Gasteiger partial charge in [-0.2, -0.15) is 0 Å². The Bertz CT molecular complexity index is 465. The van der Waals surface area contributed by atoms with Gasteiger partial charge in [0.05, 0.1) is 11.9 Å². The lowest BCUT2D eigenvalue weighted by molar-refractivity contribution is -0.133. The predicted molar refractivity (Wildman–Crippen MR) is 83.0 cm³/mol. The maximum Gasteiger partial charge on any atom is 0.225 e. The van der Waals surface area contributed by atoms with Crippen LogP contribution in [0.2, 0.25) is 0 Å². The summed E-state index contributed by atoms with van der Waals surface area (Å²) in [6.45, 7) is 5.61. The molecular formula is C15H23N3O2S. The smallest absolute Gasteiger partial charge is 0.225 e. The Balaban J connectivity index is 1.71. The van der Waals surface area contributed by atoms with Crippen molar-refractivity contribution in [1.82, 2.24) is 15.2 Å². The van der Waals surface area contributed by atoms with E-state index in [1.165, 1.54) is 11.3 Å². The monoisotopic (exact) mass is 309 g/mol. The van der Waals surface area contributed by atoms with Crippen LogP contribution in [0.15, 0.2) is 11.7 Å². The average molecular weight is 309 g/mol. The van der Waals surface area contributed by atoms with E-state index in [1.54, 1.807) is 11.7 Å². The van der Waals surface area contributed by atoms with E-state index < -0.39 is 0 Å². The van der Waals surface area contributed by atoms with Gasteiger partial charge in [-0.3, -0.25) is 14.6 Å². The van der Waals surface area contributed by atoms with E-state index in [0.29, 0.717) is 18.8 Å². The van der Waals surface area contributed by atoms with Crippen molar-refractivity contribution in [3.05, 3.63) is 16.6 Å². The minimum atomic E-state index is 0.0474. The van der Waals surface area contributed by atoms with Crippen molar-refractivity contribution in [3.63, 3.8) is 0 Å². The highest BCUT2D eigenvalue weighted by molar-refractivity contribution is 7.09. The third-order valence-corrected chi connectivity index (χ3v) is 4.39. The number of nitrogens with zero attached hydrogens (tertiary/aromatic N) is 2. The number of amides is 2. The number of carbonyl (C=O) groups is 2. The summed E-state index contributed by atoms with van der Waals surface area (Å²) in [5, 5.41) is 3.06. The van der Waals surface area contributed by atoms with E-state index in [9.17, 15) is 9.59 Å². The van der Waals surface area contributed by atoms with Gasteiger partial charge < -0.3 is 10.2 Å². The number of thiazole rings is 1. The van der Waals surface area contributed by atoms with Gasteiger partial charge in [-0.1, -0.05) is 13.8 Å². The van der Waals surface area contributed by atoms with Crippen molar-refractivity contribution >= 4 is 23.2 Å². The number of carbonyl (C=O) groups excluding carboxylic acids is 2. The quantitative estimate of drug-likeness (QED) is 0.903. The fraction of sp³-hybridized carbons (Fsp3) is 0.667. The van der Waals surface area contributed by atoms with Crippen molar-refractivity contribution < 1.29 is 9.59 Å². The molecule has 0 unspecified atom stereocenters. The molecule has 0 radical (unpaired) electrons. The Labute approximate surface area is 129 Å². The zero-order valence-electron chi connectivity index (χ0n) is 12.7. The molecule has 1 aromatic heterocycles. The Morgan fingerprint density at radius 2 is 2.14 bits per heavy atom. The van der Waals surface area contributed by atoms with Crippen LogP contribution >= 0.6 is 11.3 Å². The van der Waals surface area contributed by atoms with E-state index >= 15 is 0 Å². The van der Waals surface area contributed by atoms with Crippen LogP contribution in [0.4, 0.5) is 0 Å². The van der Waals surface area contributed by atoms with E-state index in [-0.39, 0.29) is 17.9 Å². The molecule has 0 bridgehead atoms. The third kappa shape index (κ3) is 5.12. The summed E-state index contributed by atoms with van der Waals surface area (Å²) in [7, 11) is 0. The van der Waals surface area contributed by atoms with Gasteiger partial charge in [-0.25, -0.2) is 0 Å². The van der Waals surface area contributed by atoms with Crippen LogP contribution in [0.3, 0.4) is 0 Å². The maximum absolute atomic E-state index is 12.0. The summed E-state index contributed by atoms with van der Waals surface area (Å²) in [6, 6.07) is 0.188. The molecule has 1 aliphatic rings. The molecule has 2 heterocycles. The van der Waals surface area contributed by atoms with Gasteiger partial charge in [-0.15, -0.1) is 11.3 Å². The van der Waals surface area contributed by atoms with Gasteiger partial charge in [0.2, 0.25) is 11.8 Å². The molecule has 1 fully saturated rings. The molecule has 1 aliphatic heterocycles. The zero-order valence-corrected chi connectivity index (χ0v) is 13.5. The van der Waals surface area contributed by atoms with Crippen LogP contribution < -0.4 is 5.32 Å². The zero-order chi connectivity index (χ0) is 15.2. The van der Waals surface area contributed by atoms with Crippen molar-refractivity contribution in [2.24, 2.45) is 5.92 Å². The summed E-state index contributed by atoms with van der Waals surface area (Å²) in [5.41, 5.74) is 1.74. The first-order valence-electron chi connectivity index (χ1n) is 7.49. The molecule has 1 saturated heterocycles. The number of aromatic nitrogens is 1. The van der Waals surface area contributed by atoms with Crippen molar-refractivity contribution in [1.29, 1.82) is 0 Å². The fourth-order valence-electron chi connectivity index (χ4n) is 2.52. The second kappa shape index (κ2) is 7.54. The molecule has 0 saturated carbocycles. The Kier molecular flexibility index (Phi) is 5.73. The molecule has 0 spiro atoms. The van der Waals surface area contributed by atoms with Gasteiger partial charge in [0.1, 0.15) is 0 Å². The normalized spacial score (nSPS) is 16.2. The summed E-state index contributed by atoms with van der Waals surface area (Å²) < 4.78 is 0. The van der Waals surface area contributed by atoms with Crippen LogP contribution in [0.25, 0.3) is 0 Å². The van der Waals surface area contributed by atoms with Crippen molar-refractivity contribution in [2.75, 3.05) is 13.1 Å². The third-order valence-electron chi connectivity index (χ3n) is 3.61. The molecule has 2 rings (SSSR count). The van der Waals surface area contributed by atoms with Crippen LogP contribution in [-0.2, 0) is 16.0 Å². The van der Waals surface area contributed by atoms with Crippen LogP contribution in [-0.4, -0.2) is 40.8 Å². The largest absolute Gasteiger partial charge is 0.353 e. The Hall–Kier alpha value is -1.43. The summed E-state index contributed by atoms with van der Waals surface area (Å²) >= 11 is 1.50. The highest BCUT2D eigenvalue weighted by Gasteiger charge is 2.24. The van der Waals surface area contributed by atoms with Gasteiger partial charge in [0.15, 0.2) is 0 Å². The average Bonchev–Trinajstić information content (AvgIpc) is 2.91. The van der Waals surface area contributed by atoms with Gasteiger partial charge >= 0.3 is 0 Å². The fourth-order valence-corrected chi connectivity index (χ4v) is 3.11. The second-order valence-corrected chi connectivity index (χ2v) is 6.94. The number of hydrogen-bond donors (Lipinski definition) is 1. The molecule has 116 valence electrons. The van der Waals surface area contributed by atoms with Gasteiger partial charge in [0, 0.05) is 36.6 Å². The topological polar surface area (TPSA) is 62.3 Å². The molecule has 21 heavy (non-hydrogen) atoms. The first kappa shape index (κ1) is 15.9. The van der Waals surface area contributed by atoms with Crippen LogP contribution in [0.5, 0.6) is 0 Å². The van der Waals surface area contributed by atoms with E-state index in [2.05, 4.69) is 24.1 Å². The lowest BCUT2D eigenvalue weighted by Gasteiger charge is -2.32. The Morgan fingerprint density at radius 3 is 2.71 bits per heavy atom. The molecule has 6 heteroatoms. The molecule has 5 nitrogen and oxygen atoms in total. The predicted octanol–water partition coefficient (Wildman–Crippen LogP) is 1.84. The molecule has 2 amide bonds. The minimum absolute atomic E-state index is 0.0474. The molecule has 0 aromatic carbocycles. The highest BCUT2D eigenvalue weighted by Crippen LogP contribution is 2.14. The highest BCUT2D eigenvalue weighted by atomic mass is 32.1. The van der Waals surface area contributed by atoms with Crippen molar-refractivity contribution in [3.8, 4) is 0 Å². The van der Waals surface area contributed by atoms with E-state index in [4.69, 9.17) is 0 Å². The SMILES string of the molecule is CC(C)CC(=O)N1CCC(NC(=O)Cc2cncs2)CC1. The molecular weight excluding hydrogens is 286 g/mol. The summed E-state index contributed by atoms with van der Waals surface area (Å²) in [5.74, 6) is 0.681. The maximum atomic E-state index is 12.0. The van der Waals surface area contributed by atoms with Crippen molar-refractivity contribution in [2.45, 2.75) is 45.6 Å². The number of nitrogens with one attached hydrogen (secondary N) is 1. The molecule has 0 aliphatic carbocycles. The molecule has 1 aromatic rings. The summed E-state index contributed by atoms with van der Waals surface area (Å²) in [4.78, 5) is 30.8. The van der Waals surface area contributed by atoms with Gasteiger partial charge in [-0.05, 0) is 18.8 Å². The summed E-state index contributed by atoms with van der Waals surface area (Å²) in [6.07, 6.45) is 4.44. The number of rotatable bonds is 5. The number of likely N-dealkylation sites (tertiary alicyclic amines) is 1. The molecule has 1 N–H and O–H groups in total. The number of piperidine rings is 1. The van der Waals surface area contributed by atoms with Crippen LogP contribution in [0, 0.1) is 5.92 Å². The lowest BCUT2D eigenvalue weighted by atomic mass is 10.0. The standard InChI is InChI=1S/C15H23N3O2S/c1-11(2)7-15(20)18-5-3-12(4-6-18)17-14(19)8-13-9-16-10-21-13/h9-12H,3-8H2,1-2H3,(H,17,19).